The molecule has 2 aromatic carbocycles. The molecule has 1 heterocycles. The number of aromatic nitrogens is 2. The van der Waals surface area contributed by atoms with Crippen LogP contribution in [0.5, 0.6) is 0 Å². The molecular weight excluding hydrogens is 368 g/mol. The van der Waals surface area contributed by atoms with Crippen LogP contribution in [0, 0.1) is 5.92 Å². The molecule has 0 aliphatic carbocycles. The highest BCUT2D eigenvalue weighted by atomic mass is 16.5. The van der Waals surface area contributed by atoms with E-state index in [2.05, 4.69) is 20.8 Å². The van der Waals surface area contributed by atoms with Crippen molar-refractivity contribution >= 4 is 29.1 Å². The van der Waals surface area contributed by atoms with Crippen LogP contribution in [0.2, 0.25) is 0 Å². The Morgan fingerprint density at radius 1 is 0.931 bits per heavy atom. The van der Waals surface area contributed by atoms with Crippen LogP contribution in [-0.2, 0) is 16.0 Å². The number of nitrogens with one attached hydrogen (secondary N) is 2. The molecule has 7 nitrogen and oxygen atoms in total. The van der Waals surface area contributed by atoms with Crippen LogP contribution in [0.15, 0.2) is 66.7 Å². The lowest BCUT2D eigenvalue weighted by Gasteiger charge is -2.10. The van der Waals surface area contributed by atoms with Crippen LogP contribution in [0.3, 0.4) is 0 Å². The van der Waals surface area contributed by atoms with Gasteiger partial charge < -0.3 is 15.4 Å². The largest absolute Gasteiger partial charge is 0.469 e. The maximum atomic E-state index is 12.2. The Balaban J connectivity index is 1.58. The minimum Gasteiger partial charge on any atom is -0.469 e. The molecule has 29 heavy (non-hydrogen) atoms. The number of anilines is 3. The van der Waals surface area contributed by atoms with Gasteiger partial charge in [-0.3, -0.25) is 9.59 Å². The minimum absolute atomic E-state index is 0.195. The first-order chi connectivity index (χ1) is 14.0. The average molecular weight is 390 g/mol. The fourth-order valence-corrected chi connectivity index (χ4v) is 2.75. The van der Waals surface area contributed by atoms with Crippen molar-refractivity contribution in [3.05, 3.63) is 78.0 Å². The summed E-state index contributed by atoms with van der Waals surface area (Å²) in [5.41, 5.74) is 2.79. The quantitative estimate of drug-likeness (QED) is 0.596. The van der Waals surface area contributed by atoms with Crippen LogP contribution in [0.25, 0.3) is 0 Å². The molecule has 0 aliphatic heterocycles. The van der Waals surface area contributed by atoms with E-state index in [0.717, 1.165) is 11.3 Å². The van der Waals surface area contributed by atoms with Gasteiger partial charge in [0.15, 0.2) is 11.5 Å². The second-order valence-electron chi connectivity index (χ2n) is 6.57. The standard InChI is InChI=1S/C22H22N4O3/c1-15(22(28)29-2)14-16-8-10-18(11-9-16)23-20-13-12-19(25-26-20)21(27)24-17-6-4-3-5-7-17/h3-13,15H,14H2,1-2H3,(H,23,26)(H,24,27). The van der Waals surface area contributed by atoms with E-state index in [9.17, 15) is 9.59 Å². The van der Waals surface area contributed by atoms with Crippen LogP contribution < -0.4 is 10.6 Å². The second-order valence-corrected chi connectivity index (χ2v) is 6.57. The Bertz CT molecular complexity index is 958. The summed E-state index contributed by atoms with van der Waals surface area (Å²) in [5, 5.41) is 13.9. The van der Waals surface area contributed by atoms with E-state index in [1.165, 1.54) is 7.11 Å². The molecule has 0 saturated carbocycles. The number of ether oxygens (including phenoxy) is 1. The molecule has 3 aromatic rings. The van der Waals surface area contributed by atoms with Gasteiger partial charge in [-0.15, -0.1) is 10.2 Å². The molecule has 0 spiro atoms. The number of carbonyl (C=O) groups excluding carboxylic acids is 2. The molecule has 1 atom stereocenters. The molecular formula is C22H22N4O3. The van der Waals surface area contributed by atoms with Crippen molar-refractivity contribution in [1.82, 2.24) is 10.2 Å². The summed E-state index contributed by atoms with van der Waals surface area (Å²) in [6, 6.07) is 20.2. The molecule has 0 saturated heterocycles. The Hall–Kier alpha value is -3.74. The highest BCUT2D eigenvalue weighted by Gasteiger charge is 2.13. The average Bonchev–Trinajstić information content (AvgIpc) is 2.75. The number of hydrogen-bond acceptors (Lipinski definition) is 6. The monoisotopic (exact) mass is 390 g/mol. The Morgan fingerprint density at radius 3 is 2.28 bits per heavy atom. The van der Waals surface area contributed by atoms with Crippen molar-refractivity contribution in [2.45, 2.75) is 13.3 Å². The fourth-order valence-electron chi connectivity index (χ4n) is 2.75. The molecule has 1 amide bonds. The van der Waals surface area contributed by atoms with E-state index in [4.69, 9.17) is 4.74 Å². The highest BCUT2D eigenvalue weighted by Crippen LogP contribution is 2.17. The van der Waals surface area contributed by atoms with Crippen molar-refractivity contribution in [1.29, 1.82) is 0 Å². The lowest BCUT2D eigenvalue weighted by molar-refractivity contribution is -0.144. The van der Waals surface area contributed by atoms with Crippen LogP contribution in [0.4, 0.5) is 17.2 Å². The number of hydrogen-bond donors (Lipinski definition) is 2. The first-order valence-corrected chi connectivity index (χ1v) is 9.19. The van der Waals surface area contributed by atoms with Gasteiger partial charge >= 0.3 is 5.97 Å². The summed E-state index contributed by atoms with van der Waals surface area (Å²) < 4.78 is 4.75. The summed E-state index contributed by atoms with van der Waals surface area (Å²) in [5.74, 6) is -0.214. The van der Waals surface area contributed by atoms with E-state index in [0.29, 0.717) is 17.9 Å². The third-order valence-corrected chi connectivity index (χ3v) is 4.30. The lowest BCUT2D eigenvalue weighted by Crippen LogP contribution is -2.15. The molecule has 3 rings (SSSR count). The first kappa shape index (κ1) is 20.0. The van der Waals surface area contributed by atoms with Gasteiger partial charge in [-0.1, -0.05) is 37.3 Å². The number of esters is 1. The van der Waals surface area contributed by atoms with Crippen molar-refractivity contribution in [2.24, 2.45) is 5.92 Å². The van der Waals surface area contributed by atoms with Gasteiger partial charge in [0, 0.05) is 11.4 Å². The molecule has 0 fully saturated rings. The highest BCUT2D eigenvalue weighted by molar-refractivity contribution is 6.02. The van der Waals surface area contributed by atoms with Gasteiger partial charge in [0.25, 0.3) is 5.91 Å². The number of nitrogens with zero attached hydrogens (tertiary/aromatic N) is 2. The molecule has 0 radical (unpaired) electrons. The van der Waals surface area contributed by atoms with Crippen molar-refractivity contribution < 1.29 is 14.3 Å². The summed E-state index contributed by atoms with van der Waals surface area (Å²) in [4.78, 5) is 23.7. The summed E-state index contributed by atoms with van der Waals surface area (Å²) in [6.45, 7) is 1.84. The lowest BCUT2D eigenvalue weighted by atomic mass is 10.0. The Morgan fingerprint density at radius 2 is 1.66 bits per heavy atom. The first-order valence-electron chi connectivity index (χ1n) is 9.19. The smallest absolute Gasteiger partial charge is 0.308 e. The topological polar surface area (TPSA) is 93.2 Å². The maximum absolute atomic E-state index is 12.2. The van der Waals surface area contributed by atoms with Gasteiger partial charge in [0.2, 0.25) is 0 Å². The number of methoxy groups -OCH3 is 1. The molecule has 0 bridgehead atoms. The van der Waals surface area contributed by atoms with Crippen molar-refractivity contribution in [3.8, 4) is 0 Å². The maximum Gasteiger partial charge on any atom is 0.308 e. The molecule has 2 N–H and O–H groups in total. The molecule has 7 heteroatoms. The number of para-hydroxylation sites is 1. The van der Waals surface area contributed by atoms with E-state index in [1.54, 1.807) is 24.3 Å². The molecule has 0 aliphatic rings. The summed E-state index contributed by atoms with van der Waals surface area (Å²) in [7, 11) is 1.39. The normalized spacial score (nSPS) is 11.4. The summed E-state index contributed by atoms with van der Waals surface area (Å²) in [6.07, 6.45) is 0.609. The molecule has 148 valence electrons. The number of carbonyl (C=O) groups is 2. The van der Waals surface area contributed by atoms with E-state index >= 15 is 0 Å². The van der Waals surface area contributed by atoms with Crippen LogP contribution in [0.1, 0.15) is 23.0 Å². The fraction of sp³-hybridized carbons (Fsp3) is 0.182. The van der Waals surface area contributed by atoms with Crippen molar-refractivity contribution in [2.75, 3.05) is 17.7 Å². The van der Waals surface area contributed by atoms with Gasteiger partial charge in [0.1, 0.15) is 0 Å². The van der Waals surface area contributed by atoms with Gasteiger partial charge in [0.05, 0.1) is 13.0 Å². The van der Waals surface area contributed by atoms with E-state index < -0.39 is 0 Å². The van der Waals surface area contributed by atoms with Gasteiger partial charge in [-0.05, 0) is 48.4 Å². The van der Waals surface area contributed by atoms with E-state index in [1.807, 2.05) is 49.4 Å². The molecule has 1 unspecified atom stereocenters. The number of benzene rings is 2. The van der Waals surface area contributed by atoms with Gasteiger partial charge in [-0.25, -0.2) is 0 Å². The molecule has 1 aromatic heterocycles. The number of rotatable bonds is 7. The zero-order valence-electron chi connectivity index (χ0n) is 16.3. The van der Waals surface area contributed by atoms with E-state index in [-0.39, 0.29) is 23.5 Å². The van der Waals surface area contributed by atoms with Crippen molar-refractivity contribution in [3.63, 3.8) is 0 Å². The second kappa shape index (κ2) is 9.45. The Kier molecular flexibility index (Phi) is 6.52. The summed E-state index contributed by atoms with van der Waals surface area (Å²) >= 11 is 0. The number of amides is 1. The predicted molar refractivity (Wildman–Crippen MR) is 111 cm³/mol. The Labute approximate surface area is 169 Å². The van der Waals surface area contributed by atoms with Crippen LogP contribution >= 0.6 is 0 Å². The van der Waals surface area contributed by atoms with Gasteiger partial charge in [-0.2, -0.15) is 0 Å². The zero-order valence-corrected chi connectivity index (χ0v) is 16.3. The van der Waals surface area contributed by atoms with Crippen LogP contribution in [-0.4, -0.2) is 29.2 Å². The predicted octanol–water partition coefficient (Wildman–Crippen LogP) is 3.82. The third-order valence-electron chi connectivity index (χ3n) is 4.30. The minimum atomic E-state index is -0.320. The SMILES string of the molecule is COC(=O)C(C)Cc1ccc(Nc2ccc(C(=O)Nc3ccccc3)nn2)cc1. The third kappa shape index (κ3) is 5.62. The zero-order chi connectivity index (χ0) is 20.6.